The molecule has 104 valence electrons. The van der Waals surface area contributed by atoms with Gasteiger partial charge >= 0.3 is 0 Å². The van der Waals surface area contributed by atoms with Crippen molar-refractivity contribution in [3.8, 4) is 0 Å². The van der Waals surface area contributed by atoms with E-state index < -0.39 is 4.92 Å². The van der Waals surface area contributed by atoms with E-state index in [-0.39, 0.29) is 10.7 Å². The zero-order chi connectivity index (χ0) is 14.0. The first-order valence-corrected chi connectivity index (χ1v) is 6.70. The van der Waals surface area contributed by atoms with Crippen molar-refractivity contribution in [2.75, 3.05) is 26.7 Å². The monoisotopic (exact) mass is 283 g/mol. The molecule has 0 N–H and O–H groups in total. The third-order valence-electron chi connectivity index (χ3n) is 3.56. The summed E-state index contributed by atoms with van der Waals surface area (Å²) in [4.78, 5) is 15.1. The number of likely N-dealkylation sites (N-methyl/N-ethyl adjacent to an activating group) is 1. The summed E-state index contributed by atoms with van der Waals surface area (Å²) in [6.07, 6.45) is 0. The number of hydrogen-bond acceptors (Lipinski definition) is 4. The highest BCUT2D eigenvalue weighted by atomic mass is 35.5. The van der Waals surface area contributed by atoms with Crippen LogP contribution in [-0.4, -0.2) is 47.4 Å². The highest BCUT2D eigenvalue weighted by Gasteiger charge is 2.22. The first-order valence-electron chi connectivity index (χ1n) is 6.33. The van der Waals surface area contributed by atoms with Crippen LogP contribution in [0.4, 0.5) is 5.69 Å². The van der Waals surface area contributed by atoms with Gasteiger partial charge in [-0.1, -0.05) is 17.7 Å². The van der Waals surface area contributed by atoms with Crippen molar-refractivity contribution >= 4 is 17.3 Å². The molecule has 1 aromatic rings. The molecule has 1 atom stereocenters. The third kappa shape index (κ3) is 3.43. The molecule has 0 aliphatic carbocycles. The van der Waals surface area contributed by atoms with Gasteiger partial charge in [0.2, 0.25) is 0 Å². The molecule has 0 aromatic heterocycles. The van der Waals surface area contributed by atoms with Crippen LogP contribution in [-0.2, 0) is 6.54 Å². The lowest BCUT2D eigenvalue weighted by Gasteiger charge is -2.38. The molecular formula is C13H18ClN3O2. The van der Waals surface area contributed by atoms with Crippen molar-refractivity contribution in [2.24, 2.45) is 0 Å². The van der Waals surface area contributed by atoms with E-state index in [1.807, 2.05) is 6.07 Å². The minimum Gasteiger partial charge on any atom is -0.304 e. The second-order valence-corrected chi connectivity index (χ2v) is 5.53. The maximum absolute atomic E-state index is 10.9. The van der Waals surface area contributed by atoms with Gasteiger partial charge in [0.25, 0.3) is 5.69 Å². The van der Waals surface area contributed by atoms with Crippen LogP contribution >= 0.6 is 11.6 Å². The van der Waals surface area contributed by atoms with E-state index in [1.165, 1.54) is 0 Å². The Labute approximate surface area is 117 Å². The predicted octanol–water partition coefficient (Wildman–Crippen LogP) is 2.38. The van der Waals surface area contributed by atoms with E-state index in [9.17, 15) is 10.1 Å². The highest BCUT2D eigenvalue weighted by molar-refractivity contribution is 6.32. The zero-order valence-corrected chi connectivity index (χ0v) is 11.9. The fourth-order valence-electron chi connectivity index (χ4n) is 2.44. The summed E-state index contributed by atoms with van der Waals surface area (Å²) in [5, 5.41) is 11.1. The molecule has 5 nitrogen and oxygen atoms in total. The summed E-state index contributed by atoms with van der Waals surface area (Å²) in [5.41, 5.74) is 0.924. The molecule has 1 unspecified atom stereocenters. The summed E-state index contributed by atoms with van der Waals surface area (Å²) < 4.78 is 0. The molecule has 0 spiro atoms. The van der Waals surface area contributed by atoms with Gasteiger partial charge in [-0.15, -0.1) is 0 Å². The molecule has 0 radical (unpaired) electrons. The van der Waals surface area contributed by atoms with Gasteiger partial charge in [0.05, 0.1) is 4.92 Å². The van der Waals surface area contributed by atoms with Crippen LogP contribution in [0, 0.1) is 10.1 Å². The highest BCUT2D eigenvalue weighted by Crippen LogP contribution is 2.26. The standard InChI is InChI=1S/C13H18ClN3O2/c1-10-8-15(2)5-6-16(10)9-11-3-4-12(14)13(7-11)17(18)19/h3-4,7,10H,5-6,8-9H2,1-2H3. The quantitative estimate of drug-likeness (QED) is 0.631. The topological polar surface area (TPSA) is 49.6 Å². The minimum atomic E-state index is -0.431. The average Bonchev–Trinajstić information content (AvgIpc) is 2.34. The van der Waals surface area contributed by atoms with Crippen molar-refractivity contribution in [3.63, 3.8) is 0 Å². The number of hydrogen-bond donors (Lipinski definition) is 0. The van der Waals surface area contributed by atoms with Gasteiger partial charge in [0.1, 0.15) is 5.02 Å². The van der Waals surface area contributed by atoms with Gasteiger partial charge in [-0.2, -0.15) is 0 Å². The Balaban J connectivity index is 2.11. The predicted molar refractivity (Wildman–Crippen MR) is 75.5 cm³/mol. The molecule has 0 saturated carbocycles. The Kier molecular flexibility index (Phi) is 4.39. The Bertz CT molecular complexity index is 481. The van der Waals surface area contributed by atoms with Gasteiger partial charge in [-0.05, 0) is 25.6 Å². The lowest BCUT2D eigenvalue weighted by Crippen LogP contribution is -2.49. The normalized spacial score (nSPS) is 21.5. The van der Waals surface area contributed by atoms with Crippen LogP contribution in [0.5, 0.6) is 0 Å². The van der Waals surface area contributed by atoms with Gasteiger partial charge in [0, 0.05) is 38.3 Å². The van der Waals surface area contributed by atoms with Crippen molar-refractivity contribution < 1.29 is 4.92 Å². The van der Waals surface area contributed by atoms with Crippen molar-refractivity contribution in [3.05, 3.63) is 38.9 Å². The molecule has 1 aromatic carbocycles. The van der Waals surface area contributed by atoms with Gasteiger partial charge in [0.15, 0.2) is 0 Å². The maximum atomic E-state index is 10.9. The van der Waals surface area contributed by atoms with E-state index >= 15 is 0 Å². The zero-order valence-electron chi connectivity index (χ0n) is 11.2. The Morgan fingerprint density at radius 3 is 2.84 bits per heavy atom. The maximum Gasteiger partial charge on any atom is 0.288 e. The van der Waals surface area contributed by atoms with Crippen LogP contribution in [0.1, 0.15) is 12.5 Å². The molecule has 2 rings (SSSR count). The number of benzene rings is 1. The summed E-state index contributed by atoms with van der Waals surface area (Å²) in [6, 6.07) is 5.50. The second-order valence-electron chi connectivity index (χ2n) is 5.12. The number of nitro groups is 1. The Hall–Kier alpha value is -1.17. The average molecular weight is 284 g/mol. The third-order valence-corrected chi connectivity index (χ3v) is 3.88. The van der Waals surface area contributed by atoms with E-state index in [0.717, 1.165) is 31.7 Å². The molecule has 1 heterocycles. The van der Waals surface area contributed by atoms with Crippen LogP contribution in [0.25, 0.3) is 0 Å². The van der Waals surface area contributed by atoms with Crippen LogP contribution in [0.2, 0.25) is 5.02 Å². The molecular weight excluding hydrogens is 266 g/mol. The van der Waals surface area contributed by atoms with Gasteiger partial charge < -0.3 is 4.90 Å². The van der Waals surface area contributed by atoms with Crippen molar-refractivity contribution in [1.82, 2.24) is 9.80 Å². The summed E-state index contributed by atoms with van der Waals surface area (Å²) >= 11 is 5.82. The van der Waals surface area contributed by atoms with E-state index in [4.69, 9.17) is 11.6 Å². The number of nitro benzene ring substituents is 1. The molecule has 1 aliphatic heterocycles. The van der Waals surface area contributed by atoms with E-state index in [0.29, 0.717) is 6.04 Å². The molecule has 0 amide bonds. The van der Waals surface area contributed by atoms with Crippen molar-refractivity contribution in [1.29, 1.82) is 0 Å². The Morgan fingerprint density at radius 2 is 2.21 bits per heavy atom. The largest absolute Gasteiger partial charge is 0.304 e. The first-order chi connectivity index (χ1) is 8.97. The molecule has 1 fully saturated rings. The lowest BCUT2D eigenvalue weighted by atomic mass is 10.1. The summed E-state index contributed by atoms with van der Waals surface area (Å²) in [7, 11) is 2.11. The SMILES string of the molecule is CC1CN(C)CCN1Cc1ccc(Cl)c([N+](=O)[O-])c1. The minimum absolute atomic E-state index is 0.0130. The van der Waals surface area contributed by atoms with Crippen LogP contribution in [0.15, 0.2) is 18.2 Å². The van der Waals surface area contributed by atoms with Crippen LogP contribution < -0.4 is 0 Å². The molecule has 6 heteroatoms. The van der Waals surface area contributed by atoms with Crippen LogP contribution in [0.3, 0.4) is 0 Å². The fourth-order valence-corrected chi connectivity index (χ4v) is 2.63. The summed E-state index contributed by atoms with van der Waals surface area (Å²) in [6.45, 7) is 5.94. The number of nitrogens with zero attached hydrogens (tertiary/aromatic N) is 3. The van der Waals surface area contributed by atoms with E-state index in [2.05, 4.69) is 23.8 Å². The second kappa shape index (κ2) is 5.86. The number of piperazine rings is 1. The molecule has 1 saturated heterocycles. The molecule has 1 aliphatic rings. The smallest absolute Gasteiger partial charge is 0.288 e. The van der Waals surface area contributed by atoms with Gasteiger partial charge in [-0.25, -0.2) is 0 Å². The molecule has 0 bridgehead atoms. The Morgan fingerprint density at radius 1 is 1.47 bits per heavy atom. The van der Waals surface area contributed by atoms with Gasteiger partial charge in [-0.3, -0.25) is 15.0 Å². The number of halogens is 1. The summed E-state index contributed by atoms with van der Waals surface area (Å²) in [5.74, 6) is 0. The fraction of sp³-hybridized carbons (Fsp3) is 0.538. The van der Waals surface area contributed by atoms with Crippen molar-refractivity contribution in [2.45, 2.75) is 19.5 Å². The first kappa shape index (κ1) is 14.2. The number of rotatable bonds is 3. The molecule has 19 heavy (non-hydrogen) atoms. The van der Waals surface area contributed by atoms with E-state index in [1.54, 1.807) is 12.1 Å². The lowest BCUT2D eigenvalue weighted by molar-refractivity contribution is -0.384.